The molecule has 0 unspecified atom stereocenters. The minimum atomic E-state index is -0.740. The number of hydrogen-bond acceptors (Lipinski definition) is 4. The summed E-state index contributed by atoms with van der Waals surface area (Å²) in [5.74, 6) is -0.312. The first-order valence-electron chi connectivity index (χ1n) is 5.33. The molecule has 0 aromatic heterocycles. The molecule has 94 valence electrons. The highest BCUT2D eigenvalue weighted by molar-refractivity contribution is 5.99. The molecule has 0 aliphatic rings. The molecule has 1 rings (SSSR count). The number of ether oxygens (including phenoxy) is 2. The van der Waals surface area contributed by atoms with E-state index in [0.717, 1.165) is 6.42 Å². The topological polar surface area (TPSA) is 81.8 Å². The molecule has 0 aliphatic carbocycles. The number of nitrogens with two attached hydrogens (primary N) is 1. The number of aromatic hydroxyl groups is 1. The van der Waals surface area contributed by atoms with Crippen molar-refractivity contribution < 1.29 is 19.4 Å². The highest BCUT2D eigenvalue weighted by atomic mass is 16.5. The van der Waals surface area contributed by atoms with Crippen molar-refractivity contribution in [3.05, 3.63) is 17.2 Å². The van der Waals surface area contributed by atoms with E-state index in [1.54, 1.807) is 6.07 Å². The molecule has 0 radical (unpaired) electrons. The van der Waals surface area contributed by atoms with Gasteiger partial charge in [0.15, 0.2) is 11.5 Å². The largest absolute Gasteiger partial charge is 0.507 e. The van der Waals surface area contributed by atoms with Crippen LogP contribution in [0.4, 0.5) is 0 Å². The van der Waals surface area contributed by atoms with Crippen LogP contribution in [-0.2, 0) is 6.42 Å². The third-order valence-electron chi connectivity index (χ3n) is 2.49. The zero-order valence-corrected chi connectivity index (χ0v) is 10.2. The van der Waals surface area contributed by atoms with Gasteiger partial charge in [0, 0.05) is 0 Å². The van der Waals surface area contributed by atoms with Crippen molar-refractivity contribution in [2.45, 2.75) is 19.8 Å². The van der Waals surface area contributed by atoms with E-state index >= 15 is 0 Å². The lowest BCUT2D eigenvalue weighted by molar-refractivity contribution is 0.0993. The quantitative estimate of drug-likeness (QED) is 0.815. The van der Waals surface area contributed by atoms with Gasteiger partial charge in [0.05, 0.1) is 14.2 Å². The predicted molar refractivity (Wildman–Crippen MR) is 63.7 cm³/mol. The monoisotopic (exact) mass is 239 g/mol. The minimum Gasteiger partial charge on any atom is -0.507 e. The van der Waals surface area contributed by atoms with E-state index in [1.807, 2.05) is 6.92 Å². The van der Waals surface area contributed by atoms with Gasteiger partial charge in [0.25, 0.3) is 5.91 Å². The maximum Gasteiger partial charge on any atom is 0.256 e. The zero-order valence-electron chi connectivity index (χ0n) is 10.2. The van der Waals surface area contributed by atoms with Crippen LogP contribution in [0.5, 0.6) is 17.2 Å². The van der Waals surface area contributed by atoms with Crippen molar-refractivity contribution in [1.29, 1.82) is 0 Å². The van der Waals surface area contributed by atoms with Crippen LogP contribution in [0.1, 0.15) is 29.3 Å². The lowest BCUT2D eigenvalue weighted by Crippen LogP contribution is -2.14. The highest BCUT2D eigenvalue weighted by Crippen LogP contribution is 2.39. The van der Waals surface area contributed by atoms with Crippen LogP contribution in [0.15, 0.2) is 6.07 Å². The van der Waals surface area contributed by atoms with Crippen LogP contribution >= 0.6 is 0 Å². The molecule has 5 heteroatoms. The predicted octanol–water partition coefficient (Wildman–Crippen LogP) is 1.46. The van der Waals surface area contributed by atoms with Crippen molar-refractivity contribution in [2.75, 3.05) is 14.2 Å². The molecule has 3 N–H and O–H groups in total. The second-order valence-corrected chi connectivity index (χ2v) is 3.61. The van der Waals surface area contributed by atoms with Gasteiger partial charge in [-0.3, -0.25) is 4.79 Å². The van der Waals surface area contributed by atoms with Crippen LogP contribution in [0, 0.1) is 0 Å². The summed E-state index contributed by atoms with van der Waals surface area (Å²) in [5, 5.41) is 9.99. The highest BCUT2D eigenvalue weighted by Gasteiger charge is 2.22. The Hall–Kier alpha value is -1.91. The van der Waals surface area contributed by atoms with Gasteiger partial charge in [0.1, 0.15) is 11.3 Å². The van der Waals surface area contributed by atoms with Gasteiger partial charge in [-0.25, -0.2) is 0 Å². The summed E-state index contributed by atoms with van der Waals surface area (Å²) in [6.07, 6.45) is 1.47. The fourth-order valence-electron chi connectivity index (χ4n) is 1.73. The fourth-order valence-corrected chi connectivity index (χ4v) is 1.73. The molecule has 17 heavy (non-hydrogen) atoms. The summed E-state index contributed by atoms with van der Waals surface area (Å²) in [7, 11) is 2.86. The Kier molecular flexibility index (Phi) is 4.20. The summed E-state index contributed by atoms with van der Waals surface area (Å²) in [6.45, 7) is 1.97. The Morgan fingerprint density at radius 3 is 2.47 bits per heavy atom. The van der Waals surface area contributed by atoms with Crippen molar-refractivity contribution in [2.24, 2.45) is 5.73 Å². The van der Waals surface area contributed by atoms with Gasteiger partial charge in [-0.1, -0.05) is 13.3 Å². The van der Waals surface area contributed by atoms with Gasteiger partial charge < -0.3 is 20.3 Å². The van der Waals surface area contributed by atoms with Crippen LogP contribution in [0.3, 0.4) is 0 Å². The number of primary amides is 1. The molecule has 0 saturated carbocycles. The molecule has 0 saturated heterocycles. The number of methoxy groups -OCH3 is 2. The fraction of sp³-hybridized carbons (Fsp3) is 0.417. The van der Waals surface area contributed by atoms with Crippen LogP contribution in [0.25, 0.3) is 0 Å². The number of rotatable bonds is 5. The average Bonchev–Trinajstić information content (AvgIpc) is 2.30. The number of aryl methyl sites for hydroxylation is 1. The SMILES string of the molecule is CCCc1cc(OC)c(OC)c(C(N)=O)c1O. The molecule has 1 amide bonds. The van der Waals surface area contributed by atoms with E-state index in [9.17, 15) is 9.90 Å². The minimum absolute atomic E-state index is 0.0321. The van der Waals surface area contributed by atoms with Crippen molar-refractivity contribution in [3.63, 3.8) is 0 Å². The Balaban J connectivity index is 3.50. The number of carbonyl (C=O) groups is 1. The van der Waals surface area contributed by atoms with Crippen molar-refractivity contribution in [3.8, 4) is 17.2 Å². The molecule has 0 fully saturated rings. The zero-order chi connectivity index (χ0) is 13.0. The summed E-state index contributed by atoms with van der Waals surface area (Å²) in [6, 6.07) is 1.66. The van der Waals surface area contributed by atoms with E-state index in [0.29, 0.717) is 17.7 Å². The second-order valence-electron chi connectivity index (χ2n) is 3.61. The lowest BCUT2D eigenvalue weighted by atomic mass is 10.0. The Morgan fingerprint density at radius 2 is 2.06 bits per heavy atom. The molecular formula is C12H17NO4. The number of hydrogen-bond donors (Lipinski definition) is 2. The van der Waals surface area contributed by atoms with Gasteiger partial charge >= 0.3 is 0 Å². The molecule has 0 aliphatic heterocycles. The van der Waals surface area contributed by atoms with Gasteiger partial charge in [0.2, 0.25) is 0 Å². The first-order valence-corrected chi connectivity index (χ1v) is 5.33. The Labute approximate surface area is 100 Å². The summed E-state index contributed by atoms with van der Waals surface area (Å²) < 4.78 is 10.2. The standard InChI is InChI=1S/C12H17NO4/c1-4-5-7-6-8(16-2)11(17-3)9(10(7)14)12(13)15/h6,14H,4-5H2,1-3H3,(H2,13,15). The Morgan fingerprint density at radius 1 is 1.41 bits per heavy atom. The molecule has 1 aromatic rings. The smallest absolute Gasteiger partial charge is 0.256 e. The number of phenols is 1. The third kappa shape index (κ3) is 2.43. The molecular weight excluding hydrogens is 222 g/mol. The number of amides is 1. The average molecular weight is 239 g/mol. The molecule has 0 bridgehead atoms. The summed E-state index contributed by atoms with van der Waals surface area (Å²) >= 11 is 0. The molecule has 0 spiro atoms. The lowest BCUT2D eigenvalue weighted by Gasteiger charge is -2.15. The normalized spacial score (nSPS) is 10.1. The van der Waals surface area contributed by atoms with Gasteiger partial charge in [-0.2, -0.15) is 0 Å². The van der Waals surface area contributed by atoms with Gasteiger partial charge in [-0.05, 0) is 18.1 Å². The molecule has 0 heterocycles. The number of carbonyl (C=O) groups excluding carboxylic acids is 1. The molecule has 0 atom stereocenters. The first-order chi connectivity index (χ1) is 8.06. The van der Waals surface area contributed by atoms with E-state index in [4.69, 9.17) is 15.2 Å². The van der Waals surface area contributed by atoms with Crippen molar-refractivity contribution in [1.82, 2.24) is 0 Å². The van der Waals surface area contributed by atoms with Crippen LogP contribution in [-0.4, -0.2) is 25.2 Å². The second kappa shape index (κ2) is 5.43. The maximum atomic E-state index is 11.4. The first kappa shape index (κ1) is 13.2. The van der Waals surface area contributed by atoms with E-state index in [1.165, 1.54) is 14.2 Å². The Bertz CT molecular complexity index is 429. The summed E-state index contributed by atoms with van der Waals surface area (Å²) in [5.41, 5.74) is 5.84. The van der Waals surface area contributed by atoms with Crippen molar-refractivity contribution >= 4 is 5.91 Å². The van der Waals surface area contributed by atoms with E-state index in [2.05, 4.69) is 0 Å². The van der Waals surface area contributed by atoms with E-state index < -0.39 is 5.91 Å². The molecule has 1 aromatic carbocycles. The summed E-state index contributed by atoms with van der Waals surface area (Å²) in [4.78, 5) is 11.4. The molecule has 5 nitrogen and oxygen atoms in total. The van der Waals surface area contributed by atoms with Gasteiger partial charge in [-0.15, -0.1) is 0 Å². The van der Waals surface area contributed by atoms with Crippen LogP contribution < -0.4 is 15.2 Å². The number of benzene rings is 1. The van der Waals surface area contributed by atoms with Crippen LogP contribution in [0.2, 0.25) is 0 Å². The maximum absolute atomic E-state index is 11.4. The third-order valence-corrected chi connectivity index (χ3v) is 2.49. The van der Waals surface area contributed by atoms with E-state index in [-0.39, 0.29) is 17.1 Å².